The van der Waals surface area contributed by atoms with Gasteiger partial charge in [0.1, 0.15) is 0 Å². The van der Waals surface area contributed by atoms with E-state index in [-0.39, 0.29) is 25.1 Å². The van der Waals surface area contributed by atoms with Gasteiger partial charge in [-0.3, -0.25) is 4.90 Å². The molecule has 3 rings (SSSR count). The molecule has 2 N–H and O–H groups in total. The topological polar surface area (TPSA) is 77.4 Å². The molecule has 6 nitrogen and oxygen atoms in total. The summed E-state index contributed by atoms with van der Waals surface area (Å²) in [6.07, 6.45) is -0.315. The highest BCUT2D eigenvalue weighted by molar-refractivity contribution is 5.85. The molecule has 1 aromatic heterocycles. The lowest BCUT2D eigenvalue weighted by molar-refractivity contribution is -0.0340. The third kappa shape index (κ3) is 4.23. The number of aromatic nitrogens is 2. The summed E-state index contributed by atoms with van der Waals surface area (Å²) in [5, 5.41) is 3.85. The molecule has 9 heteroatoms. The Morgan fingerprint density at radius 3 is 2.83 bits per heavy atom. The van der Waals surface area contributed by atoms with Gasteiger partial charge in [0.15, 0.2) is 17.5 Å². The predicted molar refractivity (Wildman–Crippen MR) is 79.8 cm³/mol. The van der Waals surface area contributed by atoms with E-state index in [2.05, 4.69) is 15.0 Å². The third-order valence-electron chi connectivity index (χ3n) is 3.52. The largest absolute Gasteiger partial charge is 0.371 e. The van der Waals surface area contributed by atoms with Gasteiger partial charge in [-0.1, -0.05) is 11.2 Å². The van der Waals surface area contributed by atoms with Crippen molar-refractivity contribution in [2.24, 2.45) is 5.73 Å². The van der Waals surface area contributed by atoms with Crippen LogP contribution in [0.25, 0.3) is 0 Å². The molecular formula is C14H17ClF2N4O2. The van der Waals surface area contributed by atoms with Crippen LogP contribution in [0.2, 0.25) is 0 Å². The van der Waals surface area contributed by atoms with Gasteiger partial charge in [0.2, 0.25) is 5.89 Å². The van der Waals surface area contributed by atoms with E-state index in [0.717, 1.165) is 6.07 Å². The summed E-state index contributed by atoms with van der Waals surface area (Å²) >= 11 is 0. The van der Waals surface area contributed by atoms with E-state index in [1.54, 1.807) is 0 Å². The van der Waals surface area contributed by atoms with E-state index in [1.807, 2.05) is 0 Å². The summed E-state index contributed by atoms with van der Waals surface area (Å²) in [6, 6.07) is 3.82. The van der Waals surface area contributed by atoms with Crippen LogP contribution in [0.1, 0.15) is 23.4 Å². The van der Waals surface area contributed by atoms with E-state index in [4.69, 9.17) is 15.0 Å². The van der Waals surface area contributed by atoms with E-state index in [9.17, 15) is 8.78 Å². The number of halogens is 3. The number of hydrogen-bond donors (Lipinski definition) is 1. The summed E-state index contributed by atoms with van der Waals surface area (Å²) in [6.45, 7) is 2.43. The molecule has 0 bridgehead atoms. The first-order valence-electron chi connectivity index (χ1n) is 6.96. The van der Waals surface area contributed by atoms with Crippen molar-refractivity contribution >= 4 is 12.4 Å². The first-order chi connectivity index (χ1) is 10.7. The van der Waals surface area contributed by atoms with E-state index in [1.165, 1.54) is 12.1 Å². The maximum Gasteiger partial charge on any atom is 0.240 e. The molecule has 0 saturated carbocycles. The molecule has 23 heavy (non-hydrogen) atoms. The van der Waals surface area contributed by atoms with Gasteiger partial charge in [-0.2, -0.15) is 4.98 Å². The van der Waals surface area contributed by atoms with Crippen LogP contribution < -0.4 is 5.73 Å². The van der Waals surface area contributed by atoms with E-state index >= 15 is 0 Å². The molecular weight excluding hydrogens is 330 g/mol. The molecule has 1 aliphatic heterocycles. The average Bonchev–Trinajstić information content (AvgIpc) is 2.98. The van der Waals surface area contributed by atoms with Gasteiger partial charge in [0.05, 0.1) is 25.8 Å². The Hall–Kier alpha value is -1.61. The second-order valence-electron chi connectivity index (χ2n) is 5.08. The molecule has 0 aliphatic carbocycles. The standard InChI is InChI=1S/C14H16F2N4O2.ClH/c15-10-2-1-9(5-11(10)16)12-7-20(3-4-21-12)8-13-18-14(6-17)22-19-13;/h1-2,5,12H,3-4,6-8,17H2;1H. The van der Waals surface area contributed by atoms with Crippen LogP contribution in [0, 0.1) is 11.6 Å². The molecule has 1 saturated heterocycles. The van der Waals surface area contributed by atoms with Crippen molar-refractivity contribution in [1.29, 1.82) is 0 Å². The zero-order valence-corrected chi connectivity index (χ0v) is 13.1. The monoisotopic (exact) mass is 346 g/mol. The average molecular weight is 347 g/mol. The normalized spacial score (nSPS) is 18.7. The third-order valence-corrected chi connectivity index (χ3v) is 3.52. The number of ether oxygens (including phenoxy) is 1. The molecule has 1 aliphatic rings. The number of nitrogens with two attached hydrogens (primary N) is 1. The summed E-state index contributed by atoms with van der Waals surface area (Å²) in [5.74, 6) is -0.798. The maximum absolute atomic E-state index is 13.3. The van der Waals surface area contributed by atoms with Gasteiger partial charge in [-0.05, 0) is 17.7 Å². The fourth-order valence-electron chi connectivity index (χ4n) is 2.40. The zero-order valence-electron chi connectivity index (χ0n) is 12.2. The highest BCUT2D eigenvalue weighted by atomic mass is 35.5. The van der Waals surface area contributed by atoms with Gasteiger partial charge in [-0.15, -0.1) is 12.4 Å². The summed E-state index contributed by atoms with van der Waals surface area (Å²) in [7, 11) is 0. The molecule has 2 heterocycles. The van der Waals surface area contributed by atoms with Crippen LogP contribution >= 0.6 is 12.4 Å². The fourth-order valence-corrected chi connectivity index (χ4v) is 2.40. The highest BCUT2D eigenvalue weighted by Gasteiger charge is 2.24. The summed E-state index contributed by atoms with van der Waals surface area (Å²) in [5.41, 5.74) is 6.04. The van der Waals surface area contributed by atoms with Crippen molar-refractivity contribution in [3.8, 4) is 0 Å². The van der Waals surface area contributed by atoms with Crippen molar-refractivity contribution in [2.45, 2.75) is 19.2 Å². The molecule has 0 amide bonds. The van der Waals surface area contributed by atoms with Crippen molar-refractivity contribution in [3.63, 3.8) is 0 Å². The Bertz CT molecular complexity index is 655. The summed E-state index contributed by atoms with van der Waals surface area (Å²) < 4.78 is 36.9. The van der Waals surface area contributed by atoms with Crippen LogP contribution in [0.15, 0.2) is 22.7 Å². The first-order valence-corrected chi connectivity index (χ1v) is 6.96. The summed E-state index contributed by atoms with van der Waals surface area (Å²) in [4.78, 5) is 6.22. The van der Waals surface area contributed by atoms with E-state index < -0.39 is 11.6 Å². The fraction of sp³-hybridized carbons (Fsp3) is 0.429. The molecule has 1 fully saturated rings. The van der Waals surface area contributed by atoms with Crippen LogP contribution in [-0.4, -0.2) is 34.7 Å². The van der Waals surface area contributed by atoms with Crippen molar-refractivity contribution < 1.29 is 18.0 Å². The highest BCUT2D eigenvalue weighted by Crippen LogP contribution is 2.24. The molecule has 126 valence electrons. The smallest absolute Gasteiger partial charge is 0.240 e. The Kier molecular flexibility index (Phi) is 6.00. The molecule has 1 aromatic carbocycles. The first kappa shape index (κ1) is 17.7. The maximum atomic E-state index is 13.3. The van der Waals surface area contributed by atoms with Crippen molar-refractivity contribution in [2.75, 3.05) is 19.7 Å². The lowest BCUT2D eigenvalue weighted by Gasteiger charge is -2.32. The van der Waals surface area contributed by atoms with E-state index in [0.29, 0.717) is 43.5 Å². The molecule has 1 unspecified atom stereocenters. The quantitative estimate of drug-likeness (QED) is 0.909. The lowest BCUT2D eigenvalue weighted by atomic mass is 10.1. The Morgan fingerprint density at radius 2 is 2.13 bits per heavy atom. The van der Waals surface area contributed by atoms with Crippen LogP contribution in [-0.2, 0) is 17.8 Å². The van der Waals surface area contributed by atoms with Gasteiger partial charge < -0.3 is 15.0 Å². The van der Waals surface area contributed by atoms with Gasteiger partial charge in [0, 0.05) is 13.1 Å². The number of nitrogens with zero attached hydrogens (tertiary/aromatic N) is 3. The zero-order chi connectivity index (χ0) is 15.5. The van der Waals surface area contributed by atoms with Crippen molar-refractivity contribution in [1.82, 2.24) is 15.0 Å². The minimum absolute atomic E-state index is 0. The minimum Gasteiger partial charge on any atom is -0.371 e. The molecule has 0 radical (unpaired) electrons. The second kappa shape index (κ2) is 7.78. The minimum atomic E-state index is -0.871. The van der Waals surface area contributed by atoms with Gasteiger partial charge >= 0.3 is 0 Å². The number of hydrogen-bond acceptors (Lipinski definition) is 6. The van der Waals surface area contributed by atoms with Crippen LogP contribution in [0.4, 0.5) is 8.78 Å². The molecule has 0 spiro atoms. The Morgan fingerprint density at radius 1 is 1.30 bits per heavy atom. The number of benzene rings is 1. The number of rotatable bonds is 4. The molecule has 1 atom stereocenters. The van der Waals surface area contributed by atoms with Gasteiger partial charge in [0.25, 0.3) is 0 Å². The molecule has 2 aromatic rings. The van der Waals surface area contributed by atoms with Crippen LogP contribution in [0.3, 0.4) is 0 Å². The Balaban J connectivity index is 0.00000192. The Labute approximate surface area is 138 Å². The second-order valence-corrected chi connectivity index (χ2v) is 5.08. The number of morpholine rings is 1. The lowest BCUT2D eigenvalue weighted by Crippen LogP contribution is -2.38. The van der Waals surface area contributed by atoms with Gasteiger partial charge in [-0.25, -0.2) is 8.78 Å². The van der Waals surface area contributed by atoms with Crippen molar-refractivity contribution in [3.05, 3.63) is 47.1 Å². The van der Waals surface area contributed by atoms with Crippen LogP contribution in [0.5, 0.6) is 0 Å². The SMILES string of the molecule is Cl.NCc1nc(CN2CCOC(c3ccc(F)c(F)c3)C2)no1. The predicted octanol–water partition coefficient (Wildman–Crippen LogP) is 1.80.